The summed E-state index contributed by atoms with van der Waals surface area (Å²) in [6.45, 7) is 2.07. The SMILES string of the molecule is COCCCN(Cc1cccn1Cc1cccc(F)c1)C(=O)Nc1ccc(OC)cc1. The highest BCUT2D eigenvalue weighted by Gasteiger charge is 2.16. The molecular formula is C24H28FN3O3. The van der Waals surface area contributed by atoms with Gasteiger partial charge in [-0.2, -0.15) is 0 Å². The van der Waals surface area contributed by atoms with E-state index in [-0.39, 0.29) is 11.8 Å². The van der Waals surface area contributed by atoms with E-state index in [4.69, 9.17) is 9.47 Å². The van der Waals surface area contributed by atoms with Gasteiger partial charge in [-0.15, -0.1) is 0 Å². The molecule has 0 aliphatic heterocycles. The number of nitrogens with one attached hydrogen (secondary N) is 1. The monoisotopic (exact) mass is 425 g/mol. The van der Waals surface area contributed by atoms with Gasteiger partial charge in [0.15, 0.2) is 0 Å². The van der Waals surface area contributed by atoms with Crippen molar-refractivity contribution in [3.05, 3.63) is 83.9 Å². The summed E-state index contributed by atoms with van der Waals surface area (Å²) in [6, 6.07) is 17.5. The number of amides is 2. The molecule has 1 N–H and O–H groups in total. The van der Waals surface area contributed by atoms with Gasteiger partial charge >= 0.3 is 6.03 Å². The number of hydrogen-bond donors (Lipinski definition) is 1. The number of carbonyl (C=O) groups is 1. The van der Waals surface area contributed by atoms with Crippen LogP contribution in [0.3, 0.4) is 0 Å². The Morgan fingerprint density at radius 2 is 1.90 bits per heavy atom. The van der Waals surface area contributed by atoms with Gasteiger partial charge in [-0.3, -0.25) is 0 Å². The van der Waals surface area contributed by atoms with Gasteiger partial charge in [-0.25, -0.2) is 9.18 Å². The van der Waals surface area contributed by atoms with Gasteiger partial charge in [-0.05, 0) is 60.5 Å². The lowest BCUT2D eigenvalue weighted by molar-refractivity contribution is 0.171. The first-order chi connectivity index (χ1) is 15.1. The molecule has 2 aromatic carbocycles. The second-order valence-electron chi connectivity index (χ2n) is 7.18. The zero-order valence-corrected chi connectivity index (χ0v) is 17.9. The minimum atomic E-state index is -0.258. The summed E-state index contributed by atoms with van der Waals surface area (Å²) in [4.78, 5) is 14.7. The fourth-order valence-corrected chi connectivity index (χ4v) is 3.30. The van der Waals surface area contributed by atoms with Gasteiger partial charge in [0, 0.05) is 44.4 Å². The second kappa shape index (κ2) is 11.2. The van der Waals surface area contributed by atoms with E-state index in [1.165, 1.54) is 12.1 Å². The van der Waals surface area contributed by atoms with E-state index in [2.05, 4.69) is 5.32 Å². The third kappa shape index (κ3) is 6.58. The summed E-state index contributed by atoms with van der Waals surface area (Å²) in [7, 11) is 3.25. The predicted molar refractivity (Wildman–Crippen MR) is 119 cm³/mol. The molecule has 164 valence electrons. The van der Waals surface area contributed by atoms with Crippen LogP contribution in [0, 0.1) is 5.82 Å². The van der Waals surface area contributed by atoms with Gasteiger partial charge in [0.1, 0.15) is 11.6 Å². The Bertz CT molecular complexity index is 972. The Labute approximate surface area is 182 Å². The van der Waals surface area contributed by atoms with Crippen LogP contribution in [0.5, 0.6) is 5.75 Å². The van der Waals surface area contributed by atoms with Crippen molar-refractivity contribution in [2.75, 3.05) is 32.7 Å². The first-order valence-electron chi connectivity index (χ1n) is 10.2. The lowest BCUT2D eigenvalue weighted by Crippen LogP contribution is -2.36. The van der Waals surface area contributed by atoms with E-state index >= 15 is 0 Å². The normalized spacial score (nSPS) is 10.7. The molecule has 0 fully saturated rings. The Kier molecular flexibility index (Phi) is 8.06. The average Bonchev–Trinajstić information content (AvgIpc) is 3.20. The molecule has 0 saturated carbocycles. The Morgan fingerprint density at radius 3 is 2.61 bits per heavy atom. The van der Waals surface area contributed by atoms with Gasteiger partial charge in [0.25, 0.3) is 0 Å². The standard InChI is InChI=1S/C24H28FN3O3/c1-30-15-5-14-28(24(29)26-21-9-11-23(31-2)12-10-21)18-22-8-4-13-27(22)17-19-6-3-7-20(25)16-19/h3-4,6-13,16H,5,14-15,17-18H2,1-2H3,(H,26,29). The quantitative estimate of drug-likeness (QED) is 0.477. The van der Waals surface area contributed by atoms with Gasteiger partial charge < -0.3 is 24.3 Å². The highest BCUT2D eigenvalue weighted by Crippen LogP contribution is 2.17. The largest absolute Gasteiger partial charge is 0.497 e. The first kappa shape index (κ1) is 22.4. The Hall–Kier alpha value is -3.32. The predicted octanol–water partition coefficient (Wildman–Crippen LogP) is 4.75. The summed E-state index contributed by atoms with van der Waals surface area (Å²) in [6.07, 6.45) is 2.66. The van der Waals surface area contributed by atoms with Crippen LogP contribution in [0.25, 0.3) is 0 Å². The molecule has 2 amide bonds. The number of methoxy groups -OCH3 is 2. The van der Waals surface area contributed by atoms with Crippen LogP contribution in [0.1, 0.15) is 17.7 Å². The smallest absolute Gasteiger partial charge is 0.322 e. The van der Waals surface area contributed by atoms with Crippen molar-refractivity contribution in [3.8, 4) is 5.75 Å². The van der Waals surface area contributed by atoms with Crippen molar-refractivity contribution in [2.24, 2.45) is 0 Å². The Morgan fingerprint density at radius 1 is 1.10 bits per heavy atom. The molecule has 0 unspecified atom stereocenters. The molecule has 0 aliphatic carbocycles. The zero-order valence-electron chi connectivity index (χ0n) is 17.9. The van der Waals surface area contributed by atoms with Crippen molar-refractivity contribution >= 4 is 11.7 Å². The van der Waals surface area contributed by atoms with Crippen molar-refractivity contribution in [3.63, 3.8) is 0 Å². The number of carbonyl (C=O) groups excluding carboxylic acids is 1. The number of urea groups is 1. The van der Waals surface area contributed by atoms with E-state index in [9.17, 15) is 9.18 Å². The van der Waals surface area contributed by atoms with Crippen LogP contribution >= 0.6 is 0 Å². The summed E-state index contributed by atoms with van der Waals surface area (Å²) < 4.78 is 25.9. The average molecular weight is 426 g/mol. The number of benzene rings is 2. The molecule has 3 aromatic rings. The molecule has 31 heavy (non-hydrogen) atoms. The summed E-state index contributed by atoms with van der Waals surface area (Å²) >= 11 is 0. The minimum Gasteiger partial charge on any atom is -0.497 e. The number of hydrogen-bond acceptors (Lipinski definition) is 3. The first-order valence-corrected chi connectivity index (χ1v) is 10.2. The molecule has 7 heteroatoms. The molecule has 3 rings (SSSR count). The van der Waals surface area contributed by atoms with E-state index in [1.54, 1.807) is 49.5 Å². The Balaban J connectivity index is 1.71. The summed E-state index contributed by atoms with van der Waals surface area (Å²) in [5, 5.41) is 2.94. The van der Waals surface area contributed by atoms with E-state index in [0.29, 0.717) is 31.9 Å². The molecule has 1 aromatic heterocycles. The van der Waals surface area contributed by atoms with Crippen molar-refractivity contribution < 1.29 is 18.7 Å². The van der Waals surface area contributed by atoms with Crippen LogP contribution in [0.2, 0.25) is 0 Å². The fourth-order valence-electron chi connectivity index (χ4n) is 3.30. The third-order valence-electron chi connectivity index (χ3n) is 4.92. The van der Waals surface area contributed by atoms with Crippen molar-refractivity contribution in [1.29, 1.82) is 0 Å². The molecular weight excluding hydrogens is 397 g/mol. The maximum Gasteiger partial charge on any atom is 0.322 e. The van der Waals surface area contributed by atoms with Crippen molar-refractivity contribution in [1.82, 2.24) is 9.47 Å². The molecule has 1 heterocycles. The number of ether oxygens (including phenoxy) is 2. The highest BCUT2D eigenvalue weighted by molar-refractivity contribution is 5.89. The molecule has 0 aliphatic rings. The lowest BCUT2D eigenvalue weighted by Gasteiger charge is -2.24. The molecule has 0 bridgehead atoms. The molecule has 0 atom stereocenters. The third-order valence-corrected chi connectivity index (χ3v) is 4.92. The molecule has 0 spiro atoms. The molecule has 0 saturated heterocycles. The number of anilines is 1. The summed E-state index contributed by atoms with van der Waals surface area (Å²) in [5.41, 5.74) is 2.52. The minimum absolute atomic E-state index is 0.195. The summed E-state index contributed by atoms with van der Waals surface area (Å²) in [5.74, 6) is 0.469. The van der Waals surface area contributed by atoms with E-state index in [1.807, 2.05) is 29.0 Å². The number of aromatic nitrogens is 1. The van der Waals surface area contributed by atoms with Gasteiger partial charge in [-0.1, -0.05) is 12.1 Å². The van der Waals surface area contributed by atoms with Crippen LogP contribution < -0.4 is 10.1 Å². The van der Waals surface area contributed by atoms with Gasteiger partial charge in [0.05, 0.1) is 13.7 Å². The van der Waals surface area contributed by atoms with E-state index in [0.717, 1.165) is 23.4 Å². The van der Waals surface area contributed by atoms with Crippen LogP contribution in [0.15, 0.2) is 66.9 Å². The molecule has 6 nitrogen and oxygen atoms in total. The fraction of sp³-hybridized carbons (Fsp3) is 0.292. The lowest BCUT2D eigenvalue weighted by atomic mass is 10.2. The van der Waals surface area contributed by atoms with Gasteiger partial charge in [0.2, 0.25) is 0 Å². The van der Waals surface area contributed by atoms with Crippen LogP contribution in [0.4, 0.5) is 14.9 Å². The molecule has 0 radical (unpaired) electrons. The second-order valence-corrected chi connectivity index (χ2v) is 7.18. The zero-order chi connectivity index (χ0) is 22.1. The van der Waals surface area contributed by atoms with Crippen LogP contribution in [-0.2, 0) is 17.8 Å². The van der Waals surface area contributed by atoms with Crippen LogP contribution in [-0.4, -0.2) is 42.9 Å². The number of nitrogens with zero attached hydrogens (tertiary/aromatic N) is 2. The number of rotatable bonds is 10. The van der Waals surface area contributed by atoms with E-state index < -0.39 is 0 Å². The van der Waals surface area contributed by atoms with Crippen molar-refractivity contribution in [2.45, 2.75) is 19.5 Å². The topological polar surface area (TPSA) is 55.7 Å². The highest BCUT2D eigenvalue weighted by atomic mass is 19.1. The maximum absolute atomic E-state index is 13.5. The number of halogens is 1. The maximum atomic E-state index is 13.5.